The van der Waals surface area contributed by atoms with E-state index in [1.807, 2.05) is 77.9 Å². The molecule has 0 spiro atoms. The van der Waals surface area contributed by atoms with Crippen LogP contribution in [0.15, 0.2) is 66.0 Å². The summed E-state index contributed by atoms with van der Waals surface area (Å²) in [5, 5.41) is 17.8. The van der Waals surface area contributed by atoms with Gasteiger partial charge in [-0.25, -0.2) is 14.6 Å². The maximum absolute atomic E-state index is 12.9. The normalized spacial score (nSPS) is 14.6. The number of ketones is 1. The van der Waals surface area contributed by atoms with Crippen LogP contribution >= 0.6 is 11.3 Å². The number of rotatable bonds is 6. The Bertz CT molecular complexity index is 1230. The molecule has 1 aromatic heterocycles. The number of aliphatic carboxylic acids is 2. The van der Waals surface area contributed by atoms with Gasteiger partial charge in [-0.1, -0.05) is 48.5 Å². The lowest BCUT2D eigenvalue weighted by Crippen LogP contribution is -2.55. The minimum Gasteiger partial charge on any atom is -0.473 e. The van der Waals surface area contributed by atoms with Crippen molar-refractivity contribution in [3.8, 4) is 0 Å². The first-order chi connectivity index (χ1) is 17.6. The van der Waals surface area contributed by atoms with E-state index in [-0.39, 0.29) is 11.7 Å². The van der Waals surface area contributed by atoms with E-state index in [9.17, 15) is 9.59 Å². The number of aromatic nitrogens is 1. The molecule has 2 aromatic carbocycles. The molecule has 3 aromatic rings. The number of nitrogens with zero attached hydrogens (tertiary/aromatic N) is 3. The van der Waals surface area contributed by atoms with E-state index in [4.69, 9.17) is 24.8 Å². The molecule has 0 atom stereocenters. The monoisotopic (exact) mass is 523 g/mol. The highest BCUT2D eigenvalue weighted by Gasteiger charge is 2.46. The van der Waals surface area contributed by atoms with Gasteiger partial charge in [0.2, 0.25) is 5.91 Å². The molecular weight excluding hydrogens is 494 g/mol. The molecule has 194 valence electrons. The van der Waals surface area contributed by atoms with Gasteiger partial charge in [-0.2, -0.15) is 0 Å². The first-order valence-corrected chi connectivity index (χ1v) is 12.6. The zero-order chi connectivity index (χ0) is 27.0. The van der Waals surface area contributed by atoms with Crippen molar-refractivity contribution in [3.63, 3.8) is 0 Å². The van der Waals surface area contributed by atoms with Crippen LogP contribution in [0.4, 0.5) is 5.69 Å². The van der Waals surface area contributed by atoms with Crippen molar-refractivity contribution >= 4 is 40.7 Å². The predicted molar refractivity (Wildman–Crippen MR) is 140 cm³/mol. The van der Waals surface area contributed by atoms with Gasteiger partial charge in [0.05, 0.1) is 6.54 Å². The number of para-hydroxylation sites is 1. The zero-order valence-corrected chi connectivity index (χ0v) is 21.5. The van der Waals surface area contributed by atoms with Gasteiger partial charge < -0.3 is 10.2 Å². The maximum Gasteiger partial charge on any atom is 0.414 e. The van der Waals surface area contributed by atoms with Crippen LogP contribution in [0.25, 0.3) is 0 Å². The van der Waals surface area contributed by atoms with Crippen LogP contribution in [0.5, 0.6) is 0 Å². The molecule has 37 heavy (non-hydrogen) atoms. The van der Waals surface area contributed by atoms with Crippen LogP contribution in [0.3, 0.4) is 0 Å². The number of thiazole rings is 1. The van der Waals surface area contributed by atoms with Crippen molar-refractivity contribution in [2.24, 2.45) is 0 Å². The van der Waals surface area contributed by atoms with Gasteiger partial charge >= 0.3 is 11.9 Å². The van der Waals surface area contributed by atoms with E-state index in [1.54, 1.807) is 18.3 Å². The Labute approximate surface area is 219 Å². The van der Waals surface area contributed by atoms with Gasteiger partial charge in [-0.15, -0.1) is 11.3 Å². The van der Waals surface area contributed by atoms with Crippen molar-refractivity contribution in [1.82, 2.24) is 9.88 Å². The minimum absolute atomic E-state index is 0.00728. The van der Waals surface area contributed by atoms with Gasteiger partial charge in [0.25, 0.3) is 0 Å². The lowest BCUT2D eigenvalue weighted by Gasteiger charge is -2.47. The number of likely N-dealkylation sites (tertiary alicyclic amines) is 1. The highest BCUT2D eigenvalue weighted by atomic mass is 32.1. The summed E-state index contributed by atoms with van der Waals surface area (Å²) in [4.78, 5) is 52.7. The number of benzene rings is 2. The third-order valence-electron chi connectivity index (χ3n) is 6.10. The Morgan fingerprint density at radius 3 is 1.95 bits per heavy atom. The predicted octanol–water partition coefficient (Wildman–Crippen LogP) is 3.83. The second kappa shape index (κ2) is 12.4. The quantitative estimate of drug-likeness (QED) is 0.369. The molecule has 1 saturated heterocycles. The van der Waals surface area contributed by atoms with E-state index in [2.05, 4.69) is 4.90 Å². The Morgan fingerprint density at radius 2 is 1.49 bits per heavy atom. The lowest BCUT2D eigenvalue weighted by atomic mass is 9.85. The van der Waals surface area contributed by atoms with Crippen LogP contribution in [0.1, 0.15) is 40.8 Å². The average Bonchev–Trinajstić information content (AvgIpc) is 3.33. The molecule has 1 aliphatic rings. The summed E-state index contributed by atoms with van der Waals surface area (Å²) in [6, 6.07) is 19.3. The van der Waals surface area contributed by atoms with E-state index in [1.165, 1.54) is 0 Å². The number of piperidine rings is 1. The largest absolute Gasteiger partial charge is 0.473 e. The van der Waals surface area contributed by atoms with Gasteiger partial charge in [-0.05, 0) is 31.9 Å². The highest BCUT2D eigenvalue weighted by molar-refractivity contribution is 7.09. The fraction of sp³-hybridized carbons (Fsp3) is 0.296. The molecule has 9 nitrogen and oxygen atoms in total. The molecule has 0 bridgehead atoms. The molecule has 0 radical (unpaired) electrons. The van der Waals surface area contributed by atoms with Crippen LogP contribution in [-0.4, -0.2) is 63.4 Å². The Hall–Kier alpha value is -3.89. The molecule has 4 rings (SSSR count). The van der Waals surface area contributed by atoms with Gasteiger partial charge in [0.1, 0.15) is 10.5 Å². The fourth-order valence-corrected chi connectivity index (χ4v) is 5.45. The maximum atomic E-state index is 12.9. The van der Waals surface area contributed by atoms with Crippen molar-refractivity contribution < 1.29 is 29.4 Å². The summed E-state index contributed by atoms with van der Waals surface area (Å²) in [7, 11) is 0. The number of hydrogen-bond donors (Lipinski definition) is 2. The number of aryl methyl sites for hydroxylation is 1. The van der Waals surface area contributed by atoms with Gasteiger partial charge in [0, 0.05) is 42.3 Å². The van der Waals surface area contributed by atoms with Gasteiger partial charge in [0.15, 0.2) is 5.78 Å². The molecule has 1 fully saturated rings. The van der Waals surface area contributed by atoms with E-state index < -0.39 is 17.5 Å². The molecule has 1 aliphatic heterocycles. The van der Waals surface area contributed by atoms with E-state index in [0.29, 0.717) is 6.54 Å². The topological polar surface area (TPSA) is 128 Å². The molecule has 0 saturated carbocycles. The number of hydrogen-bond acceptors (Lipinski definition) is 7. The minimum atomic E-state index is -1.82. The SMILES string of the molecule is CC(=O)N(c1ccccc1)C1(c2nc(C)cs2)CCN(CC(=O)c2ccccc2)CC1.O=C(O)C(=O)O. The summed E-state index contributed by atoms with van der Waals surface area (Å²) in [6.07, 6.45) is 1.47. The zero-order valence-electron chi connectivity index (χ0n) is 20.7. The standard InChI is InChI=1S/C25H27N3O2S.C2H2O4/c1-19-18-31-24(26-19)25(28(20(2)29)22-11-7-4-8-12-22)13-15-27(16-14-25)17-23(30)21-9-5-3-6-10-21;3-1(4)2(5)6/h3-12,18H,13-17H2,1-2H3;(H,3,4)(H,5,6). The molecule has 10 heteroatoms. The first kappa shape index (κ1) is 27.7. The summed E-state index contributed by atoms with van der Waals surface area (Å²) < 4.78 is 0. The lowest BCUT2D eigenvalue weighted by molar-refractivity contribution is -0.159. The summed E-state index contributed by atoms with van der Waals surface area (Å²) in [5.41, 5.74) is 2.09. The number of Topliss-reactive ketones (excluding diaryl/α,β-unsaturated/α-hetero) is 1. The van der Waals surface area contributed by atoms with Crippen molar-refractivity contribution in [2.45, 2.75) is 32.2 Å². The summed E-state index contributed by atoms with van der Waals surface area (Å²) >= 11 is 1.62. The third kappa shape index (κ3) is 6.87. The van der Waals surface area contributed by atoms with Crippen LogP contribution in [0, 0.1) is 6.92 Å². The molecule has 2 N–H and O–H groups in total. The number of carbonyl (C=O) groups excluding carboxylic acids is 2. The molecular formula is C27H29N3O6S. The number of anilines is 1. The first-order valence-electron chi connectivity index (χ1n) is 11.7. The fourth-order valence-electron chi connectivity index (χ4n) is 4.41. The Balaban J connectivity index is 0.000000568. The number of carboxylic acid groups (broad SMARTS) is 2. The molecule has 0 aliphatic carbocycles. The summed E-state index contributed by atoms with van der Waals surface area (Å²) in [6.45, 7) is 5.46. The number of carboxylic acids is 2. The smallest absolute Gasteiger partial charge is 0.414 e. The molecule has 0 unspecified atom stereocenters. The van der Waals surface area contributed by atoms with Crippen LogP contribution in [0.2, 0.25) is 0 Å². The average molecular weight is 524 g/mol. The van der Waals surface area contributed by atoms with E-state index >= 15 is 0 Å². The second-order valence-corrected chi connectivity index (χ2v) is 9.55. The van der Waals surface area contributed by atoms with Gasteiger partial charge in [-0.3, -0.25) is 19.4 Å². The van der Waals surface area contributed by atoms with Crippen LogP contribution in [-0.2, 0) is 19.9 Å². The Kier molecular flexibility index (Phi) is 9.26. The Morgan fingerprint density at radius 1 is 0.946 bits per heavy atom. The highest BCUT2D eigenvalue weighted by Crippen LogP contribution is 2.43. The third-order valence-corrected chi connectivity index (χ3v) is 7.26. The second-order valence-electron chi connectivity index (χ2n) is 8.69. The molecule has 2 heterocycles. The molecule has 1 amide bonds. The summed E-state index contributed by atoms with van der Waals surface area (Å²) in [5.74, 6) is -3.51. The van der Waals surface area contributed by atoms with Crippen molar-refractivity contribution in [2.75, 3.05) is 24.5 Å². The van der Waals surface area contributed by atoms with Crippen LogP contribution < -0.4 is 4.90 Å². The van der Waals surface area contributed by atoms with Crippen molar-refractivity contribution in [3.05, 3.63) is 82.3 Å². The number of amides is 1. The van der Waals surface area contributed by atoms with E-state index in [0.717, 1.165) is 47.9 Å². The van der Waals surface area contributed by atoms with Crippen molar-refractivity contribution in [1.29, 1.82) is 0 Å². The number of carbonyl (C=O) groups is 4.